The Hall–Kier alpha value is -2.55. The van der Waals surface area contributed by atoms with Crippen LogP contribution in [0.2, 0.25) is 23.2 Å². The highest BCUT2D eigenvalue weighted by molar-refractivity contribution is 6.74. The fourth-order valence-electron chi connectivity index (χ4n) is 3.93. The molecule has 0 aliphatic rings. The summed E-state index contributed by atoms with van der Waals surface area (Å²) in [5, 5.41) is 13.1. The molecule has 0 radical (unpaired) electrons. The molecular weight excluding hydrogens is 544 g/mol. The molecule has 1 amide bonds. The van der Waals surface area contributed by atoms with Gasteiger partial charge in [0.25, 0.3) is 0 Å². The molecule has 0 aliphatic carbocycles. The Morgan fingerprint density at radius 1 is 1.07 bits per heavy atom. The number of amides is 1. The summed E-state index contributed by atoms with van der Waals surface area (Å²) in [4.78, 5) is 26.4. The Bertz CT molecular complexity index is 1170. The zero-order valence-corrected chi connectivity index (χ0v) is 27.5. The van der Waals surface area contributed by atoms with Crippen molar-refractivity contribution < 1.29 is 23.9 Å². The minimum Gasteiger partial charge on any atom is -0.481 e. The highest BCUT2D eigenvalue weighted by atomic mass is 35.5. The van der Waals surface area contributed by atoms with Crippen molar-refractivity contribution in [3.63, 3.8) is 0 Å². The third-order valence-electron chi connectivity index (χ3n) is 7.27. The van der Waals surface area contributed by atoms with Crippen molar-refractivity contribution in [2.45, 2.75) is 97.7 Å². The first kappa shape index (κ1) is 33.7. The summed E-state index contributed by atoms with van der Waals surface area (Å²) in [6.07, 6.45) is -0.832. The van der Waals surface area contributed by atoms with Gasteiger partial charge in [0.2, 0.25) is 0 Å². The van der Waals surface area contributed by atoms with Gasteiger partial charge in [0.15, 0.2) is 8.32 Å². The van der Waals surface area contributed by atoms with Crippen LogP contribution in [0.4, 0.5) is 10.5 Å². The molecule has 0 fully saturated rings. The second kappa shape index (κ2) is 13.4. The van der Waals surface area contributed by atoms with Gasteiger partial charge in [-0.05, 0) is 93.7 Å². The van der Waals surface area contributed by atoms with Gasteiger partial charge in [0.05, 0.1) is 19.1 Å². The predicted octanol–water partition coefficient (Wildman–Crippen LogP) is 8.08. The van der Waals surface area contributed by atoms with Crippen LogP contribution < -0.4 is 5.32 Å². The van der Waals surface area contributed by atoms with Crippen LogP contribution in [0.25, 0.3) is 0 Å². The molecule has 0 aliphatic heterocycles. The van der Waals surface area contributed by atoms with Crippen molar-refractivity contribution in [1.29, 1.82) is 0 Å². The first-order valence-electron chi connectivity index (χ1n) is 13.8. The summed E-state index contributed by atoms with van der Waals surface area (Å²) in [5.74, 6) is -0.861. The van der Waals surface area contributed by atoms with Crippen LogP contribution in [0.1, 0.15) is 71.3 Å². The monoisotopic (exact) mass is 590 g/mol. The van der Waals surface area contributed by atoms with E-state index in [0.29, 0.717) is 18.1 Å². The zero-order chi connectivity index (χ0) is 30.5. The van der Waals surface area contributed by atoms with E-state index in [-0.39, 0.29) is 17.5 Å². The maximum atomic E-state index is 13.6. The fourth-order valence-corrected chi connectivity index (χ4v) is 5.40. The lowest BCUT2D eigenvalue weighted by Crippen LogP contribution is -2.49. The van der Waals surface area contributed by atoms with Gasteiger partial charge in [-0.1, -0.05) is 50.6 Å². The molecule has 2 aromatic carbocycles. The average molecular weight is 591 g/mol. The molecule has 0 heterocycles. The van der Waals surface area contributed by atoms with Gasteiger partial charge in [0, 0.05) is 23.3 Å². The van der Waals surface area contributed by atoms with Crippen LogP contribution in [0.5, 0.6) is 0 Å². The molecule has 0 spiro atoms. The molecule has 2 atom stereocenters. The normalized spacial score (nSPS) is 13.9. The standard InChI is InChI=1S/C31H47ClN2O5Si/c1-21-16-26(15-14-23(21)18-28(35)36)33-19-22(2)34(29(37)38-30(3,4)5)20-27(24-12-11-13-25(32)17-24)39-40(9,10)31(6,7)8/h11-17,22,27,33H,18-20H2,1-10H3,(H,35,36). The summed E-state index contributed by atoms with van der Waals surface area (Å²) in [6, 6.07) is 13.0. The second-order valence-corrected chi connectivity index (χ2v) is 18.2. The number of rotatable bonds is 11. The third kappa shape index (κ3) is 10.1. The van der Waals surface area contributed by atoms with E-state index in [1.165, 1.54) is 0 Å². The summed E-state index contributed by atoms with van der Waals surface area (Å²) in [6.45, 7) is 21.2. The average Bonchev–Trinajstić information content (AvgIpc) is 2.79. The lowest BCUT2D eigenvalue weighted by atomic mass is 10.0. The molecule has 7 nitrogen and oxygen atoms in total. The lowest BCUT2D eigenvalue weighted by Gasteiger charge is -2.41. The van der Waals surface area contributed by atoms with Gasteiger partial charge < -0.3 is 24.5 Å². The van der Waals surface area contributed by atoms with Crippen LogP contribution in [0.15, 0.2) is 42.5 Å². The van der Waals surface area contributed by atoms with Crippen molar-refractivity contribution in [1.82, 2.24) is 4.90 Å². The molecule has 0 saturated heterocycles. The number of hydrogen-bond donors (Lipinski definition) is 2. The van der Waals surface area contributed by atoms with E-state index in [4.69, 9.17) is 25.9 Å². The number of benzene rings is 2. The predicted molar refractivity (Wildman–Crippen MR) is 166 cm³/mol. The van der Waals surface area contributed by atoms with Crippen molar-refractivity contribution in [3.8, 4) is 0 Å². The molecule has 2 rings (SSSR count). The van der Waals surface area contributed by atoms with Crippen molar-refractivity contribution >= 4 is 37.7 Å². The van der Waals surface area contributed by atoms with E-state index in [9.17, 15) is 9.59 Å². The maximum absolute atomic E-state index is 13.6. The maximum Gasteiger partial charge on any atom is 0.410 e. The zero-order valence-electron chi connectivity index (χ0n) is 25.7. The van der Waals surface area contributed by atoms with E-state index in [1.54, 1.807) is 4.90 Å². The topological polar surface area (TPSA) is 88.1 Å². The molecule has 222 valence electrons. The fraction of sp³-hybridized carbons (Fsp3) is 0.548. The van der Waals surface area contributed by atoms with Crippen LogP contribution in [-0.4, -0.2) is 55.1 Å². The number of carbonyl (C=O) groups is 2. The first-order valence-corrected chi connectivity index (χ1v) is 17.1. The summed E-state index contributed by atoms with van der Waals surface area (Å²) in [5.41, 5.74) is 2.77. The number of carboxylic acids is 1. The van der Waals surface area contributed by atoms with Crippen molar-refractivity contribution in [3.05, 3.63) is 64.2 Å². The summed E-state index contributed by atoms with van der Waals surface area (Å²) in [7, 11) is -2.23. The molecule has 40 heavy (non-hydrogen) atoms. The summed E-state index contributed by atoms with van der Waals surface area (Å²) < 4.78 is 12.7. The van der Waals surface area contributed by atoms with E-state index in [0.717, 1.165) is 22.4 Å². The van der Waals surface area contributed by atoms with Gasteiger partial charge in [-0.3, -0.25) is 4.79 Å². The quantitative estimate of drug-likeness (QED) is 0.257. The SMILES string of the molecule is Cc1cc(NCC(C)N(CC(O[Si](C)(C)C(C)(C)C)c2cccc(Cl)c2)C(=O)OC(C)(C)C)ccc1CC(=O)O. The highest BCUT2D eigenvalue weighted by Gasteiger charge is 2.41. The molecule has 0 bridgehead atoms. The molecule has 2 aromatic rings. The van der Waals surface area contributed by atoms with Crippen molar-refractivity contribution in [2.75, 3.05) is 18.4 Å². The Balaban J connectivity index is 2.37. The van der Waals surface area contributed by atoms with Gasteiger partial charge >= 0.3 is 12.1 Å². The lowest BCUT2D eigenvalue weighted by molar-refractivity contribution is -0.136. The molecule has 2 unspecified atom stereocenters. The summed E-state index contributed by atoms with van der Waals surface area (Å²) >= 11 is 6.38. The van der Waals surface area contributed by atoms with Crippen LogP contribution >= 0.6 is 11.6 Å². The van der Waals surface area contributed by atoms with Crippen LogP contribution in [0, 0.1) is 6.92 Å². The highest BCUT2D eigenvalue weighted by Crippen LogP contribution is 2.40. The number of carboxylic acid groups (broad SMARTS) is 1. The smallest absolute Gasteiger partial charge is 0.410 e. The van der Waals surface area contributed by atoms with Gasteiger partial charge in [-0.25, -0.2) is 4.79 Å². The molecule has 0 aromatic heterocycles. The Morgan fingerprint density at radius 3 is 2.25 bits per heavy atom. The van der Waals surface area contributed by atoms with E-state index < -0.39 is 32.1 Å². The Labute approximate surface area is 246 Å². The van der Waals surface area contributed by atoms with Crippen LogP contribution in [-0.2, 0) is 20.4 Å². The van der Waals surface area contributed by atoms with Crippen LogP contribution in [0.3, 0.4) is 0 Å². The second-order valence-electron chi connectivity index (χ2n) is 13.0. The number of ether oxygens (including phenoxy) is 1. The number of aliphatic carboxylic acids is 1. The minimum atomic E-state index is -2.23. The number of carbonyl (C=O) groups excluding carboxylic acids is 1. The Morgan fingerprint density at radius 2 is 1.73 bits per heavy atom. The molecule has 2 N–H and O–H groups in total. The molecule has 9 heteroatoms. The number of nitrogens with zero attached hydrogens (tertiary/aromatic N) is 1. The Kier molecular flexibility index (Phi) is 11.3. The largest absolute Gasteiger partial charge is 0.481 e. The minimum absolute atomic E-state index is 0.0198. The molecular formula is C31H47ClN2O5Si. The van der Waals surface area contributed by atoms with Gasteiger partial charge in [-0.2, -0.15) is 0 Å². The first-order chi connectivity index (χ1) is 18.3. The van der Waals surface area contributed by atoms with E-state index in [2.05, 4.69) is 39.2 Å². The number of halogens is 1. The van der Waals surface area contributed by atoms with E-state index >= 15 is 0 Å². The number of anilines is 1. The van der Waals surface area contributed by atoms with Crippen molar-refractivity contribution in [2.24, 2.45) is 0 Å². The number of nitrogens with one attached hydrogen (secondary N) is 1. The number of hydrogen-bond acceptors (Lipinski definition) is 5. The number of aryl methyl sites for hydroxylation is 1. The van der Waals surface area contributed by atoms with E-state index in [1.807, 2.05) is 77.1 Å². The third-order valence-corrected chi connectivity index (χ3v) is 12.0. The molecule has 0 saturated carbocycles. The van der Waals surface area contributed by atoms with Gasteiger partial charge in [-0.15, -0.1) is 0 Å². The van der Waals surface area contributed by atoms with Gasteiger partial charge in [0.1, 0.15) is 5.60 Å².